The minimum absolute atomic E-state index is 0.194. The summed E-state index contributed by atoms with van der Waals surface area (Å²) in [5.41, 5.74) is 0.0862. The summed E-state index contributed by atoms with van der Waals surface area (Å²) in [6.45, 7) is 5.48. The summed E-state index contributed by atoms with van der Waals surface area (Å²) in [6.07, 6.45) is 0.780. The molecule has 1 aromatic carbocycles. The van der Waals surface area contributed by atoms with Crippen molar-refractivity contribution in [1.29, 1.82) is 0 Å². The molecule has 98 valence electrons. The Balaban J connectivity index is 2.64. The minimum atomic E-state index is -0.481. The number of esters is 1. The summed E-state index contributed by atoms with van der Waals surface area (Å²) in [7, 11) is 0. The molecule has 18 heavy (non-hydrogen) atoms. The lowest BCUT2D eigenvalue weighted by Gasteiger charge is -2.19. The standard InChI is InChI=1S/C13H15BrO3S/c1-13(2,3)17-12(16)8-18-11-5-4-10(14)6-9(11)7-15/h4-7H,8H2,1-3H3. The normalized spacial score (nSPS) is 11.1. The second-order valence-electron chi connectivity index (χ2n) is 4.68. The van der Waals surface area contributed by atoms with Crippen molar-refractivity contribution >= 4 is 39.9 Å². The zero-order chi connectivity index (χ0) is 13.8. The van der Waals surface area contributed by atoms with Crippen molar-refractivity contribution < 1.29 is 14.3 Å². The van der Waals surface area contributed by atoms with Crippen molar-refractivity contribution in [3.63, 3.8) is 0 Å². The van der Waals surface area contributed by atoms with E-state index in [1.165, 1.54) is 11.8 Å². The van der Waals surface area contributed by atoms with Gasteiger partial charge in [0, 0.05) is 14.9 Å². The van der Waals surface area contributed by atoms with Crippen molar-refractivity contribution in [1.82, 2.24) is 0 Å². The Hall–Kier alpha value is -0.810. The molecule has 0 N–H and O–H groups in total. The molecule has 0 spiro atoms. The number of halogens is 1. The molecule has 0 aliphatic heterocycles. The van der Waals surface area contributed by atoms with Crippen LogP contribution in [0.15, 0.2) is 27.6 Å². The van der Waals surface area contributed by atoms with Crippen LogP contribution < -0.4 is 0 Å². The van der Waals surface area contributed by atoms with E-state index in [0.717, 1.165) is 15.7 Å². The molecule has 0 fully saturated rings. The summed E-state index contributed by atoms with van der Waals surface area (Å²) in [6, 6.07) is 5.37. The van der Waals surface area contributed by atoms with Crippen LogP contribution in [-0.4, -0.2) is 23.6 Å². The van der Waals surface area contributed by atoms with E-state index in [-0.39, 0.29) is 11.7 Å². The van der Waals surface area contributed by atoms with Crippen molar-refractivity contribution in [3.05, 3.63) is 28.2 Å². The maximum atomic E-state index is 11.6. The molecule has 0 unspecified atom stereocenters. The smallest absolute Gasteiger partial charge is 0.316 e. The Morgan fingerprint density at radius 2 is 2.11 bits per heavy atom. The van der Waals surface area contributed by atoms with Crippen LogP contribution in [0.5, 0.6) is 0 Å². The number of aldehydes is 1. The molecule has 0 bridgehead atoms. The van der Waals surface area contributed by atoms with Gasteiger partial charge in [0.1, 0.15) is 5.60 Å². The molecule has 0 saturated heterocycles. The lowest BCUT2D eigenvalue weighted by atomic mass is 10.2. The fraction of sp³-hybridized carbons (Fsp3) is 0.385. The lowest BCUT2D eigenvalue weighted by Crippen LogP contribution is -2.24. The third-order valence-electron chi connectivity index (χ3n) is 1.86. The van der Waals surface area contributed by atoms with Gasteiger partial charge < -0.3 is 4.74 Å². The number of ether oxygens (including phenoxy) is 1. The zero-order valence-corrected chi connectivity index (χ0v) is 12.9. The predicted molar refractivity (Wildman–Crippen MR) is 76.1 cm³/mol. The quantitative estimate of drug-likeness (QED) is 0.479. The number of benzene rings is 1. The van der Waals surface area contributed by atoms with E-state index in [1.54, 1.807) is 6.07 Å². The molecule has 0 radical (unpaired) electrons. The van der Waals surface area contributed by atoms with Gasteiger partial charge in [0.15, 0.2) is 6.29 Å². The van der Waals surface area contributed by atoms with Crippen LogP contribution in [0.2, 0.25) is 0 Å². The number of carbonyl (C=O) groups excluding carboxylic acids is 2. The van der Waals surface area contributed by atoms with Gasteiger partial charge in [-0.2, -0.15) is 0 Å². The fourth-order valence-corrected chi connectivity index (χ4v) is 2.40. The van der Waals surface area contributed by atoms with Crippen LogP contribution in [0.3, 0.4) is 0 Å². The van der Waals surface area contributed by atoms with Crippen LogP contribution in [0.1, 0.15) is 31.1 Å². The number of hydrogen-bond acceptors (Lipinski definition) is 4. The summed E-state index contributed by atoms with van der Waals surface area (Å²) < 4.78 is 6.04. The molecule has 0 aliphatic carbocycles. The number of hydrogen-bond donors (Lipinski definition) is 0. The van der Waals surface area contributed by atoms with E-state index < -0.39 is 5.60 Å². The number of thioether (sulfide) groups is 1. The van der Waals surface area contributed by atoms with E-state index in [1.807, 2.05) is 32.9 Å². The highest BCUT2D eigenvalue weighted by Gasteiger charge is 2.16. The van der Waals surface area contributed by atoms with E-state index in [0.29, 0.717) is 5.56 Å². The Kier molecular flexibility index (Phi) is 5.41. The molecule has 1 aromatic rings. The van der Waals surface area contributed by atoms with Crippen LogP contribution in [0.4, 0.5) is 0 Å². The highest BCUT2D eigenvalue weighted by Crippen LogP contribution is 2.25. The van der Waals surface area contributed by atoms with Crippen LogP contribution in [-0.2, 0) is 9.53 Å². The van der Waals surface area contributed by atoms with Crippen molar-refractivity contribution in [2.45, 2.75) is 31.3 Å². The molecule has 3 nitrogen and oxygen atoms in total. The third-order valence-corrected chi connectivity index (χ3v) is 3.42. The first-order chi connectivity index (χ1) is 8.31. The molecule has 0 aliphatic rings. The number of rotatable bonds is 4. The molecule has 0 aromatic heterocycles. The van der Waals surface area contributed by atoms with Crippen molar-refractivity contribution in [2.24, 2.45) is 0 Å². The largest absolute Gasteiger partial charge is 0.459 e. The molecule has 0 atom stereocenters. The molecule has 5 heteroatoms. The van der Waals surface area contributed by atoms with Gasteiger partial charge in [-0.1, -0.05) is 15.9 Å². The maximum absolute atomic E-state index is 11.6. The first kappa shape index (κ1) is 15.2. The molecule has 1 rings (SSSR count). The fourth-order valence-electron chi connectivity index (χ4n) is 1.25. The molecule has 0 amide bonds. The topological polar surface area (TPSA) is 43.4 Å². The SMILES string of the molecule is CC(C)(C)OC(=O)CSc1ccc(Br)cc1C=O. The molecule has 0 saturated carbocycles. The Bertz CT molecular complexity index is 452. The maximum Gasteiger partial charge on any atom is 0.316 e. The van der Waals surface area contributed by atoms with Gasteiger partial charge in [-0.15, -0.1) is 11.8 Å². The van der Waals surface area contributed by atoms with Crippen LogP contribution >= 0.6 is 27.7 Å². The molecular weight excluding hydrogens is 316 g/mol. The average Bonchev–Trinajstić information content (AvgIpc) is 2.24. The molecule has 0 heterocycles. The van der Waals surface area contributed by atoms with Gasteiger partial charge in [-0.05, 0) is 39.0 Å². The van der Waals surface area contributed by atoms with Gasteiger partial charge in [0.05, 0.1) is 5.75 Å². The summed E-state index contributed by atoms with van der Waals surface area (Å²) in [5.74, 6) is -0.0907. The Morgan fingerprint density at radius 3 is 2.67 bits per heavy atom. The highest BCUT2D eigenvalue weighted by atomic mass is 79.9. The van der Waals surface area contributed by atoms with Gasteiger partial charge in [-0.3, -0.25) is 9.59 Å². The van der Waals surface area contributed by atoms with Gasteiger partial charge in [0.2, 0.25) is 0 Å². The second kappa shape index (κ2) is 6.38. The highest BCUT2D eigenvalue weighted by molar-refractivity contribution is 9.10. The minimum Gasteiger partial charge on any atom is -0.459 e. The van der Waals surface area contributed by atoms with Gasteiger partial charge >= 0.3 is 5.97 Å². The van der Waals surface area contributed by atoms with Crippen LogP contribution in [0.25, 0.3) is 0 Å². The Morgan fingerprint density at radius 1 is 1.44 bits per heavy atom. The Labute approximate surface area is 119 Å². The predicted octanol–water partition coefficient (Wildman–Crippen LogP) is 3.70. The van der Waals surface area contributed by atoms with Gasteiger partial charge in [0.25, 0.3) is 0 Å². The number of carbonyl (C=O) groups is 2. The van der Waals surface area contributed by atoms with Crippen molar-refractivity contribution in [3.8, 4) is 0 Å². The lowest BCUT2D eigenvalue weighted by molar-refractivity contribution is -0.151. The molecular formula is C13H15BrO3S. The summed E-state index contributed by atoms with van der Waals surface area (Å²) >= 11 is 4.60. The third kappa shape index (κ3) is 5.23. The average molecular weight is 331 g/mol. The van der Waals surface area contributed by atoms with E-state index in [2.05, 4.69) is 15.9 Å². The van der Waals surface area contributed by atoms with Crippen LogP contribution in [0, 0.1) is 0 Å². The summed E-state index contributed by atoms with van der Waals surface area (Å²) in [5, 5.41) is 0. The monoisotopic (exact) mass is 330 g/mol. The van der Waals surface area contributed by atoms with E-state index in [9.17, 15) is 9.59 Å². The van der Waals surface area contributed by atoms with Gasteiger partial charge in [-0.25, -0.2) is 0 Å². The summed E-state index contributed by atoms with van der Waals surface area (Å²) in [4.78, 5) is 23.2. The van der Waals surface area contributed by atoms with E-state index >= 15 is 0 Å². The second-order valence-corrected chi connectivity index (χ2v) is 6.61. The zero-order valence-electron chi connectivity index (χ0n) is 10.5. The first-order valence-electron chi connectivity index (χ1n) is 5.41. The van der Waals surface area contributed by atoms with E-state index in [4.69, 9.17) is 4.74 Å². The van der Waals surface area contributed by atoms with Crippen molar-refractivity contribution in [2.75, 3.05) is 5.75 Å². The first-order valence-corrected chi connectivity index (χ1v) is 7.19.